The van der Waals surface area contributed by atoms with Crippen molar-refractivity contribution < 1.29 is 0 Å². The lowest BCUT2D eigenvalue weighted by Crippen LogP contribution is -2.41. The van der Waals surface area contributed by atoms with Crippen LogP contribution in [0.15, 0.2) is 4.99 Å². The SMILES string of the molecule is CCC1SC(NC(C)(C)CC)=NC1C. The van der Waals surface area contributed by atoms with Gasteiger partial charge in [0.1, 0.15) is 0 Å². The first-order valence-electron chi connectivity index (χ1n) is 5.51. The molecule has 0 aromatic heterocycles. The van der Waals surface area contributed by atoms with E-state index in [9.17, 15) is 0 Å². The molecule has 0 aromatic carbocycles. The quantitative estimate of drug-likeness (QED) is 0.781. The summed E-state index contributed by atoms with van der Waals surface area (Å²) in [6.07, 6.45) is 2.32. The van der Waals surface area contributed by atoms with E-state index in [0.717, 1.165) is 11.6 Å². The number of hydrogen-bond acceptors (Lipinski definition) is 3. The molecule has 1 N–H and O–H groups in total. The van der Waals surface area contributed by atoms with Crippen molar-refractivity contribution in [3.05, 3.63) is 0 Å². The normalized spacial score (nSPS) is 27.6. The lowest BCUT2D eigenvalue weighted by Gasteiger charge is -2.25. The maximum absolute atomic E-state index is 4.64. The van der Waals surface area contributed by atoms with Crippen LogP contribution in [-0.2, 0) is 0 Å². The molecule has 1 heterocycles. The summed E-state index contributed by atoms with van der Waals surface area (Å²) in [4.78, 5) is 4.64. The summed E-state index contributed by atoms with van der Waals surface area (Å²) in [6, 6.07) is 0.472. The fourth-order valence-corrected chi connectivity index (χ4v) is 2.68. The van der Waals surface area contributed by atoms with Crippen LogP contribution >= 0.6 is 11.8 Å². The molecule has 2 unspecified atom stereocenters. The Labute approximate surface area is 92.0 Å². The molecule has 0 amide bonds. The summed E-state index contributed by atoms with van der Waals surface area (Å²) in [5.41, 5.74) is 0.175. The Kier molecular flexibility index (Phi) is 3.87. The van der Waals surface area contributed by atoms with E-state index >= 15 is 0 Å². The van der Waals surface area contributed by atoms with Gasteiger partial charge in [-0.05, 0) is 33.6 Å². The Morgan fingerprint density at radius 2 is 2.07 bits per heavy atom. The number of nitrogens with one attached hydrogen (secondary N) is 1. The van der Waals surface area contributed by atoms with E-state index in [1.54, 1.807) is 0 Å². The largest absolute Gasteiger partial charge is 0.360 e. The number of rotatable bonds is 3. The van der Waals surface area contributed by atoms with E-state index in [0.29, 0.717) is 11.3 Å². The van der Waals surface area contributed by atoms with Gasteiger partial charge in [-0.3, -0.25) is 4.99 Å². The molecule has 0 saturated carbocycles. The molecule has 2 nitrogen and oxygen atoms in total. The van der Waals surface area contributed by atoms with Crippen LogP contribution in [0.4, 0.5) is 0 Å². The first-order valence-corrected chi connectivity index (χ1v) is 6.39. The van der Waals surface area contributed by atoms with Crippen LogP contribution in [0.25, 0.3) is 0 Å². The first kappa shape index (κ1) is 11.9. The van der Waals surface area contributed by atoms with Crippen molar-refractivity contribution in [2.75, 3.05) is 0 Å². The second kappa shape index (κ2) is 4.56. The summed E-state index contributed by atoms with van der Waals surface area (Å²) < 4.78 is 0. The summed E-state index contributed by atoms with van der Waals surface area (Å²) in [5.74, 6) is 0. The summed E-state index contributed by atoms with van der Waals surface area (Å²) in [5, 5.41) is 5.32. The third-order valence-corrected chi connectivity index (χ3v) is 4.31. The molecule has 0 fully saturated rings. The molecule has 0 spiro atoms. The molecule has 1 aliphatic heterocycles. The van der Waals surface area contributed by atoms with Gasteiger partial charge in [-0.25, -0.2) is 0 Å². The third-order valence-electron chi connectivity index (χ3n) is 2.85. The zero-order valence-corrected chi connectivity index (χ0v) is 10.7. The second-order valence-corrected chi connectivity index (χ2v) is 5.83. The highest BCUT2D eigenvalue weighted by molar-refractivity contribution is 8.14. The van der Waals surface area contributed by atoms with Gasteiger partial charge >= 0.3 is 0 Å². The highest BCUT2D eigenvalue weighted by Gasteiger charge is 2.27. The fraction of sp³-hybridized carbons (Fsp3) is 0.909. The Balaban J connectivity index is 2.53. The van der Waals surface area contributed by atoms with Gasteiger partial charge in [0.25, 0.3) is 0 Å². The van der Waals surface area contributed by atoms with Gasteiger partial charge in [-0.15, -0.1) is 0 Å². The Morgan fingerprint density at radius 1 is 1.43 bits per heavy atom. The zero-order valence-electron chi connectivity index (χ0n) is 9.92. The maximum Gasteiger partial charge on any atom is 0.157 e. The van der Waals surface area contributed by atoms with Gasteiger partial charge in [0.15, 0.2) is 5.17 Å². The van der Waals surface area contributed by atoms with E-state index < -0.39 is 0 Å². The molecule has 82 valence electrons. The molecule has 3 heteroatoms. The van der Waals surface area contributed by atoms with E-state index in [4.69, 9.17) is 0 Å². The summed E-state index contributed by atoms with van der Waals surface area (Å²) in [7, 11) is 0. The van der Waals surface area contributed by atoms with E-state index in [2.05, 4.69) is 44.9 Å². The molecule has 0 saturated heterocycles. The molecule has 2 atom stereocenters. The molecule has 14 heavy (non-hydrogen) atoms. The van der Waals surface area contributed by atoms with Gasteiger partial charge in [0.2, 0.25) is 0 Å². The van der Waals surface area contributed by atoms with Crippen LogP contribution < -0.4 is 5.32 Å². The molecule has 1 aliphatic rings. The van der Waals surface area contributed by atoms with E-state index in [1.807, 2.05) is 11.8 Å². The van der Waals surface area contributed by atoms with Crippen LogP contribution in [0.2, 0.25) is 0 Å². The highest BCUT2D eigenvalue weighted by Crippen LogP contribution is 2.29. The minimum atomic E-state index is 0.175. The summed E-state index contributed by atoms with van der Waals surface area (Å²) in [6.45, 7) is 11.1. The Morgan fingerprint density at radius 3 is 2.50 bits per heavy atom. The number of hydrogen-bond donors (Lipinski definition) is 1. The number of nitrogens with zero attached hydrogens (tertiary/aromatic N) is 1. The van der Waals surface area contributed by atoms with Gasteiger partial charge < -0.3 is 5.32 Å². The van der Waals surface area contributed by atoms with Crippen molar-refractivity contribution in [2.24, 2.45) is 4.99 Å². The number of aliphatic imine (C=N–C) groups is 1. The van der Waals surface area contributed by atoms with Crippen molar-refractivity contribution in [3.8, 4) is 0 Å². The Hall–Kier alpha value is -0.180. The molecule has 0 aliphatic carbocycles. The minimum Gasteiger partial charge on any atom is -0.360 e. The number of thioether (sulfide) groups is 1. The average molecular weight is 214 g/mol. The van der Waals surface area contributed by atoms with Gasteiger partial charge in [0.05, 0.1) is 6.04 Å². The first-order chi connectivity index (χ1) is 6.48. The molecule has 1 rings (SSSR count). The fourth-order valence-electron chi connectivity index (χ4n) is 1.40. The van der Waals surface area contributed by atoms with Crippen LogP contribution in [0.3, 0.4) is 0 Å². The van der Waals surface area contributed by atoms with Crippen molar-refractivity contribution in [3.63, 3.8) is 0 Å². The van der Waals surface area contributed by atoms with Crippen LogP contribution in [0, 0.1) is 0 Å². The smallest absolute Gasteiger partial charge is 0.157 e. The topological polar surface area (TPSA) is 24.4 Å². The predicted octanol–water partition coefficient (Wildman–Crippen LogP) is 3.03. The molecule has 0 bridgehead atoms. The van der Waals surface area contributed by atoms with Crippen molar-refractivity contribution in [1.82, 2.24) is 5.32 Å². The van der Waals surface area contributed by atoms with Crippen LogP contribution in [0.5, 0.6) is 0 Å². The second-order valence-electron chi connectivity index (χ2n) is 4.60. The van der Waals surface area contributed by atoms with Crippen molar-refractivity contribution in [2.45, 2.75) is 64.3 Å². The third kappa shape index (κ3) is 2.91. The van der Waals surface area contributed by atoms with E-state index in [1.165, 1.54) is 6.42 Å². The van der Waals surface area contributed by atoms with Crippen LogP contribution in [0.1, 0.15) is 47.5 Å². The van der Waals surface area contributed by atoms with Gasteiger partial charge in [0, 0.05) is 10.8 Å². The van der Waals surface area contributed by atoms with Crippen molar-refractivity contribution in [1.29, 1.82) is 0 Å². The van der Waals surface area contributed by atoms with E-state index in [-0.39, 0.29) is 5.54 Å². The predicted molar refractivity (Wildman–Crippen MR) is 66.1 cm³/mol. The Bertz CT molecular complexity index is 223. The number of amidine groups is 1. The minimum absolute atomic E-state index is 0.175. The average Bonchev–Trinajstić information content (AvgIpc) is 2.45. The molecular weight excluding hydrogens is 192 g/mol. The summed E-state index contributed by atoms with van der Waals surface area (Å²) >= 11 is 1.90. The highest BCUT2D eigenvalue weighted by atomic mass is 32.2. The molecule has 0 radical (unpaired) electrons. The van der Waals surface area contributed by atoms with Crippen molar-refractivity contribution >= 4 is 16.9 Å². The maximum atomic E-state index is 4.64. The lowest BCUT2D eigenvalue weighted by molar-refractivity contribution is 0.448. The standard InChI is InChI=1S/C11H22N2S/c1-6-9-8(3)12-10(14-9)13-11(4,5)7-2/h8-9H,6-7H2,1-5H3,(H,12,13). The molecule has 0 aromatic rings. The monoisotopic (exact) mass is 214 g/mol. The zero-order chi connectivity index (χ0) is 10.8. The molecular formula is C11H22N2S. The van der Waals surface area contributed by atoms with Gasteiger partial charge in [-0.1, -0.05) is 25.6 Å². The lowest BCUT2D eigenvalue weighted by atomic mass is 10.0. The van der Waals surface area contributed by atoms with Gasteiger partial charge in [-0.2, -0.15) is 0 Å². The van der Waals surface area contributed by atoms with Crippen LogP contribution in [-0.4, -0.2) is 22.0 Å².